The molecule has 7 rings (SSSR count). The highest BCUT2D eigenvalue weighted by molar-refractivity contribution is 6.11. The Hall–Kier alpha value is -5.60. The molecule has 7 aromatic rings. The number of fused-ring (bicyclic) bond motifs is 6. The van der Waals surface area contributed by atoms with Crippen LogP contribution in [0, 0.1) is 11.3 Å². The van der Waals surface area contributed by atoms with Crippen LogP contribution in [0.1, 0.15) is 5.56 Å². The van der Waals surface area contributed by atoms with E-state index in [4.69, 9.17) is 0 Å². The molecule has 5 heteroatoms. The SMILES string of the molecule is N#C/C(=C\c1ccc2c(c1)c1ccccc1n2-c1ccc(-n2c3ccccc3c3ccccc32)cc1)C(=O)O. The third-order valence-corrected chi connectivity index (χ3v) is 7.30. The lowest BCUT2D eigenvalue weighted by molar-refractivity contribution is -0.132. The largest absolute Gasteiger partial charge is 0.477 e. The lowest BCUT2D eigenvalue weighted by atomic mass is 10.1. The van der Waals surface area contributed by atoms with Crippen LogP contribution in [-0.4, -0.2) is 20.2 Å². The minimum atomic E-state index is -1.23. The van der Waals surface area contributed by atoms with Gasteiger partial charge >= 0.3 is 5.97 Å². The van der Waals surface area contributed by atoms with Crippen LogP contribution in [-0.2, 0) is 4.79 Å². The fourth-order valence-electron chi connectivity index (χ4n) is 5.62. The third kappa shape index (κ3) is 3.51. The van der Waals surface area contributed by atoms with Gasteiger partial charge < -0.3 is 14.2 Å². The summed E-state index contributed by atoms with van der Waals surface area (Å²) in [6, 6.07) is 41.2. The number of carboxylic acids is 1. The highest BCUT2D eigenvalue weighted by atomic mass is 16.4. The van der Waals surface area contributed by atoms with Gasteiger partial charge in [0, 0.05) is 32.9 Å². The van der Waals surface area contributed by atoms with Gasteiger partial charge in [-0.25, -0.2) is 4.79 Å². The summed E-state index contributed by atoms with van der Waals surface area (Å²) in [6.07, 6.45) is 1.41. The molecule has 0 saturated carbocycles. The summed E-state index contributed by atoms with van der Waals surface area (Å²) in [5.74, 6) is -1.23. The molecular formula is C34H21N3O2. The van der Waals surface area contributed by atoms with Crippen molar-refractivity contribution in [3.05, 3.63) is 126 Å². The molecule has 184 valence electrons. The van der Waals surface area contributed by atoms with Gasteiger partial charge in [0.1, 0.15) is 11.6 Å². The molecule has 0 spiro atoms. The smallest absolute Gasteiger partial charge is 0.346 e. The molecule has 5 aromatic carbocycles. The van der Waals surface area contributed by atoms with Crippen molar-refractivity contribution < 1.29 is 9.90 Å². The normalized spacial score (nSPS) is 11.9. The monoisotopic (exact) mass is 503 g/mol. The zero-order valence-corrected chi connectivity index (χ0v) is 20.7. The van der Waals surface area contributed by atoms with E-state index in [9.17, 15) is 15.2 Å². The van der Waals surface area contributed by atoms with Crippen LogP contribution in [0.2, 0.25) is 0 Å². The molecule has 0 aliphatic heterocycles. The number of rotatable bonds is 4. The Morgan fingerprint density at radius 3 is 1.51 bits per heavy atom. The van der Waals surface area contributed by atoms with Gasteiger partial charge in [-0.2, -0.15) is 5.26 Å². The maximum absolute atomic E-state index is 11.4. The van der Waals surface area contributed by atoms with Crippen LogP contribution in [0.4, 0.5) is 0 Å². The summed E-state index contributed by atoms with van der Waals surface area (Å²) in [6.45, 7) is 0. The number of benzene rings is 5. The molecule has 0 unspecified atom stereocenters. The van der Waals surface area contributed by atoms with Crippen LogP contribution < -0.4 is 0 Å². The minimum Gasteiger partial charge on any atom is -0.477 e. The Bertz CT molecular complexity index is 2100. The van der Waals surface area contributed by atoms with E-state index < -0.39 is 5.97 Å². The van der Waals surface area contributed by atoms with Crippen molar-refractivity contribution in [1.29, 1.82) is 5.26 Å². The fourth-order valence-corrected chi connectivity index (χ4v) is 5.62. The van der Waals surface area contributed by atoms with Gasteiger partial charge in [0.2, 0.25) is 0 Å². The quantitative estimate of drug-likeness (QED) is 0.196. The number of nitrogens with zero attached hydrogens (tertiary/aromatic N) is 3. The maximum atomic E-state index is 11.4. The van der Waals surface area contributed by atoms with Crippen molar-refractivity contribution in [3.8, 4) is 17.4 Å². The van der Waals surface area contributed by atoms with E-state index in [1.54, 1.807) is 6.07 Å². The van der Waals surface area contributed by atoms with E-state index in [0.717, 1.165) is 33.2 Å². The number of hydrogen-bond donors (Lipinski definition) is 1. The molecule has 39 heavy (non-hydrogen) atoms. The minimum absolute atomic E-state index is 0.293. The molecule has 1 N–H and O–H groups in total. The van der Waals surface area contributed by atoms with E-state index >= 15 is 0 Å². The average Bonchev–Trinajstić information content (AvgIpc) is 3.49. The maximum Gasteiger partial charge on any atom is 0.346 e. The molecule has 2 heterocycles. The van der Waals surface area contributed by atoms with Gasteiger partial charge in [-0.1, -0.05) is 60.7 Å². The summed E-state index contributed by atoms with van der Waals surface area (Å²) < 4.78 is 4.52. The van der Waals surface area contributed by atoms with Gasteiger partial charge in [-0.05, 0) is 66.2 Å². The number of nitriles is 1. The standard InChI is InChI=1S/C34H21N3O2/c35-21-23(34(38)39)19-22-13-18-33-29(20-22)28-9-3-6-12-32(28)37(33)25-16-14-24(15-17-25)36-30-10-4-1-7-26(30)27-8-2-5-11-31(27)36/h1-20H,(H,38,39)/b23-19+. The molecule has 0 bridgehead atoms. The molecule has 0 fully saturated rings. The molecule has 5 nitrogen and oxygen atoms in total. The molecule has 0 saturated heterocycles. The van der Waals surface area contributed by atoms with Crippen molar-refractivity contribution in [2.45, 2.75) is 0 Å². The average molecular weight is 504 g/mol. The highest BCUT2D eigenvalue weighted by Crippen LogP contribution is 2.35. The number of carbonyl (C=O) groups is 1. The predicted molar refractivity (Wildman–Crippen MR) is 156 cm³/mol. The zero-order valence-electron chi connectivity index (χ0n) is 20.7. The zero-order chi connectivity index (χ0) is 26.5. The first-order chi connectivity index (χ1) is 19.1. The van der Waals surface area contributed by atoms with Crippen LogP contribution in [0.3, 0.4) is 0 Å². The Kier molecular flexibility index (Phi) is 5.07. The van der Waals surface area contributed by atoms with Crippen LogP contribution in [0.25, 0.3) is 61.1 Å². The van der Waals surface area contributed by atoms with Crippen LogP contribution >= 0.6 is 0 Å². The second-order valence-corrected chi connectivity index (χ2v) is 9.49. The van der Waals surface area contributed by atoms with Gasteiger partial charge in [-0.15, -0.1) is 0 Å². The first-order valence-electron chi connectivity index (χ1n) is 12.6. The molecule has 0 radical (unpaired) electrons. The summed E-state index contributed by atoms with van der Waals surface area (Å²) >= 11 is 0. The highest BCUT2D eigenvalue weighted by Gasteiger charge is 2.15. The summed E-state index contributed by atoms with van der Waals surface area (Å²) in [5, 5.41) is 23.0. The van der Waals surface area contributed by atoms with Crippen LogP contribution in [0.15, 0.2) is 121 Å². The molecule has 0 aliphatic rings. The second kappa shape index (κ2) is 8.76. The first kappa shape index (κ1) is 22.6. The van der Waals surface area contributed by atoms with Gasteiger partial charge in [0.25, 0.3) is 0 Å². The van der Waals surface area contributed by atoms with Crippen molar-refractivity contribution >= 4 is 55.7 Å². The van der Waals surface area contributed by atoms with Crippen molar-refractivity contribution in [2.24, 2.45) is 0 Å². The Labute approximate surface area is 223 Å². The van der Waals surface area contributed by atoms with E-state index in [1.165, 1.54) is 27.9 Å². The molecule has 0 atom stereocenters. The van der Waals surface area contributed by atoms with E-state index in [0.29, 0.717) is 5.56 Å². The number of hydrogen-bond acceptors (Lipinski definition) is 2. The van der Waals surface area contributed by atoms with Crippen molar-refractivity contribution in [2.75, 3.05) is 0 Å². The number of aromatic nitrogens is 2. The van der Waals surface area contributed by atoms with Gasteiger partial charge in [0.05, 0.1) is 22.1 Å². The lowest BCUT2D eigenvalue weighted by Gasteiger charge is -2.11. The number of aliphatic carboxylic acids is 1. The van der Waals surface area contributed by atoms with Crippen LogP contribution in [0.5, 0.6) is 0 Å². The summed E-state index contributed by atoms with van der Waals surface area (Å²) in [4.78, 5) is 11.4. The van der Waals surface area contributed by atoms with Crippen molar-refractivity contribution in [3.63, 3.8) is 0 Å². The molecule has 0 amide bonds. The van der Waals surface area contributed by atoms with E-state index in [1.807, 2.05) is 30.3 Å². The third-order valence-electron chi connectivity index (χ3n) is 7.30. The predicted octanol–water partition coefficient (Wildman–Crippen LogP) is 7.87. The Morgan fingerprint density at radius 1 is 0.615 bits per heavy atom. The Morgan fingerprint density at radius 2 is 1.05 bits per heavy atom. The fraction of sp³-hybridized carbons (Fsp3) is 0. The van der Waals surface area contributed by atoms with E-state index in [2.05, 4.69) is 94.1 Å². The molecular weight excluding hydrogens is 482 g/mol. The van der Waals surface area contributed by atoms with Gasteiger partial charge in [-0.3, -0.25) is 0 Å². The first-order valence-corrected chi connectivity index (χ1v) is 12.6. The second-order valence-electron chi connectivity index (χ2n) is 9.49. The molecule has 2 aromatic heterocycles. The number of para-hydroxylation sites is 3. The van der Waals surface area contributed by atoms with Gasteiger partial charge in [0.15, 0.2) is 0 Å². The van der Waals surface area contributed by atoms with E-state index in [-0.39, 0.29) is 5.57 Å². The Balaban J connectivity index is 1.40. The summed E-state index contributed by atoms with van der Waals surface area (Å²) in [7, 11) is 0. The number of carboxylic acid groups (broad SMARTS) is 1. The summed E-state index contributed by atoms with van der Waals surface area (Å²) in [5.41, 5.74) is 6.89. The van der Waals surface area contributed by atoms with Crippen molar-refractivity contribution in [1.82, 2.24) is 9.13 Å². The topological polar surface area (TPSA) is 71.0 Å². The lowest BCUT2D eigenvalue weighted by Crippen LogP contribution is -1.98. The molecule has 0 aliphatic carbocycles.